The Hall–Kier alpha value is -3.82. The lowest BCUT2D eigenvalue weighted by atomic mass is 9.95. The standard InChI is InChI=1S/C24H23F3N4O3/c1-23(2,3)34-22(33)29-16-5-4-6-17(12-16)31-13-19(20(30-31)24(25,26)27)14-7-8-18-15(11-14)9-10-28-21(18)32/h4-8,11-13H,9-10H2,1-3H3,(H,28,32)(H,29,33). The van der Waals surface area contributed by atoms with E-state index in [4.69, 9.17) is 4.74 Å². The Morgan fingerprint density at radius 3 is 2.59 bits per heavy atom. The second-order valence-corrected chi connectivity index (χ2v) is 8.89. The van der Waals surface area contributed by atoms with Gasteiger partial charge in [-0.1, -0.05) is 18.2 Å². The monoisotopic (exact) mass is 472 g/mol. The molecule has 2 aromatic carbocycles. The normalized spacial score (nSPS) is 13.8. The molecule has 0 unspecified atom stereocenters. The lowest BCUT2D eigenvalue weighted by Gasteiger charge is -2.19. The fraction of sp³-hybridized carbons (Fsp3) is 0.292. The largest absolute Gasteiger partial charge is 0.444 e. The van der Waals surface area contributed by atoms with Crippen LogP contribution >= 0.6 is 0 Å². The van der Waals surface area contributed by atoms with Crippen LogP contribution in [0.15, 0.2) is 48.7 Å². The van der Waals surface area contributed by atoms with Crippen molar-refractivity contribution in [1.29, 1.82) is 0 Å². The van der Waals surface area contributed by atoms with Crippen LogP contribution in [0.25, 0.3) is 16.8 Å². The van der Waals surface area contributed by atoms with E-state index in [-0.39, 0.29) is 11.5 Å². The maximum Gasteiger partial charge on any atom is 0.435 e. The summed E-state index contributed by atoms with van der Waals surface area (Å²) >= 11 is 0. The van der Waals surface area contributed by atoms with Gasteiger partial charge in [0.05, 0.1) is 5.69 Å². The molecule has 1 aliphatic heterocycles. The SMILES string of the molecule is CC(C)(C)OC(=O)Nc1cccc(-n2cc(-c3ccc4c(c3)CCNC4=O)c(C(F)(F)F)n2)c1. The Morgan fingerprint density at radius 1 is 1.12 bits per heavy atom. The summed E-state index contributed by atoms with van der Waals surface area (Å²) in [6.45, 7) is 5.60. The summed E-state index contributed by atoms with van der Waals surface area (Å²) in [5.41, 5.74) is 0.276. The van der Waals surface area contributed by atoms with Gasteiger partial charge in [0.1, 0.15) is 5.60 Å². The number of nitrogens with one attached hydrogen (secondary N) is 2. The first-order chi connectivity index (χ1) is 15.9. The number of hydrogen-bond acceptors (Lipinski definition) is 4. The van der Waals surface area contributed by atoms with Crippen LogP contribution < -0.4 is 10.6 Å². The molecule has 3 aromatic rings. The lowest BCUT2D eigenvalue weighted by Crippen LogP contribution is -2.31. The number of carbonyl (C=O) groups excluding carboxylic acids is 2. The van der Waals surface area contributed by atoms with Gasteiger partial charge in [-0.05, 0) is 62.6 Å². The van der Waals surface area contributed by atoms with E-state index < -0.39 is 23.6 Å². The molecular weight excluding hydrogens is 449 g/mol. The van der Waals surface area contributed by atoms with Gasteiger partial charge in [-0.15, -0.1) is 0 Å². The lowest BCUT2D eigenvalue weighted by molar-refractivity contribution is -0.140. The summed E-state index contributed by atoms with van der Waals surface area (Å²) in [5, 5.41) is 9.09. The number of ether oxygens (including phenoxy) is 1. The molecule has 0 bridgehead atoms. The quantitative estimate of drug-likeness (QED) is 0.549. The molecule has 0 spiro atoms. The minimum absolute atomic E-state index is 0.105. The van der Waals surface area contributed by atoms with Crippen molar-refractivity contribution in [2.45, 2.75) is 39.0 Å². The van der Waals surface area contributed by atoms with Crippen molar-refractivity contribution in [2.75, 3.05) is 11.9 Å². The average molecular weight is 472 g/mol. The number of amides is 2. The highest BCUT2D eigenvalue weighted by molar-refractivity contribution is 5.97. The first kappa shape index (κ1) is 23.3. The van der Waals surface area contributed by atoms with Crippen molar-refractivity contribution in [3.05, 3.63) is 65.5 Å². The molecule has 0 aliphatic carbocycles. The highest BCUT2D eigenvalue weighted by atomic mass is 19.4. The van der Waals surface area contributed by atoms with E-state index in [1.165, 1.54) is 24.4 Å². The van der Waals surface area contributed by atoms with E-state index in [0.29, 0.717) is 41.0 Å². The van der Waals surface area contributed by atoms with E-state index in [1.54, 1.807) is 45.0 Å². The fourth-order valence-electron chi connectivity index (χ4n) is 3.67. The highest BCUT2D eigenvalue weighted by Gasteiger charge is 2.38. The number of halogens is 3. The molecule has 0 atom stereocenters. The third-order valence-corrected chi connectivity index (χ3v) is 5.08. The number of alkyl halides is 3. The van der Waals surface area contributed by atoms with E-state index in [1.807, 2.05) is 0 Å². The zero-order valence-electron chi connectivity index (χ0n) is 18.8. The van der Waals surface area contributed by atoms with Crippen LogP contribution in [0, 0.1) is 0 Å². The number of nitrogens with zero attached hydrogens (tertiary/aromatic N) is 2. The molecule has 0 radical (unpaired) electrons. The maximum absolute atomic E-state index is 13.9. The molecule has 2 amide bonds. The Morgan fingerprint density at radius 2 is 1.88 bits per heavy atom. The van der Waals surface area contributed by atoms with Crippen LogP contribution in [0.4, 0.5) is 23.7 Å². The van der Waals surface area contributed by atoms with Gasteiger partial charge < -0.3 is 10.1 Å². The van der Waals surface area contributed by atoms with E-state index >= 15 is 0 Å². The van der Waals surface area contributed by atoms with Gasteiger partial charge in [-0.25, -0.2) is 9.48 Å². The van der Waals surface area contributed by atoms with Crippen molar-refractivity contribution in [3.63, 3.8) is 0 Å². The average Bonchev–Trinajstić information content (AvgIpc) is 3.19. The summed E-state index contributed by atoms with van der Waals surface area (Å²) in [7, 11) is 0. The highest BCUT2D eigenvalue weighted by Crippen LogP contribution is 2.37. The molecule has 0 fully saturated rings. The predicted molar refractivity (Wildman–Crippen MR) is 120 cm³/mol. The molecule has 1 aromatic heterocycles. The van der Waals surface area contributed by atoms with Crippen LogP contribution in [0.5, 0.6) is 0 Å². The topological polar surface area (TPSA) is 85.2 Å². The molecular formula is C24H23F3N4O3. The molecule has 0 saturated heterocycles. The van der Waals surface area contributed by atoms with Crippen molar-refractivity contribution < 1.29 is 27.5 Å². The summed E-state index contributed by atoms with van der Waals surface area (Å²) in [4.78, 5) is 24.0. The molecule has 34 heavy (non-hydrogen) atoms. The van der Waals surface area contributed by atoms with E-state index in [0.717, 1.165) is 4.68 Å². The zero-order valence-corrected chi connectivity index (χ0v) is 18.8. The molecule has 2 heterocycles. The van der Waals surface area contributed by atoms with Gasteiger partial charge in [0.2, 0.25) is 0 Å². The third kappa shape index (κ3) is 5.05. The maximum atomic E-state index is 13.9. The van der Waals surface area contributed by atoms with Gasteiger partial charge in [0, 0.05) is 29.6 Å². The van der Waals surface area contributed by atoms with Gasteiger partial charge in [-0.3, -0.25) is 10.1 Å². The molecule has 0 saturated carbocycles. The van der Waals surface area contributed by atoms with Crippen molar-refractivity contribution in [3.8, 4) is 16.8 Å². The first-order valence-corrected chi connectivity index (χ1v) is 10.6. The van der Waals surface area contributed by atoms with Crippen molar-refractivity contribution in [1.82, 2.24) is 15.1 Å². The number of rotatable bonds is 3. The van der Waals surface area contributed by atoms with Gasteiger partial charge in [0.15, 0.2) is 5.69 Å². The van der Waals surface area contributed by atoms with Crippen molar-refractivity contribution >= 4 is 17.7 Å². The Balaban J connectivity index is 1.70. The van der Waals surface area contributed by atoms with Gasteiger partial charge in [0.25, 0.3) is 5.91 Å². The number of aromatic nitrogens is 2. The summed E-state index contributed by atoms with van der Waals surface area (Å²) in [6.07, 6.45) is -3.55. The number of benzene rings is 2. The van der Waals surface area contributed by atoms with Crippen LogP contribution in [0.2, 0.25) is 0 Å². The van der Waals surface area contributed by atoms with Crippen LogP contribution in [-0.2, 0) is 17.3 Å². The molecule has 7 nitrogen and oxygen atoms in total. The molecule has 2 N–H and O–H groups in total. The predicted octanol–water partition coefficient (Wildman–Crippen LogP) is 5.19. The zero-order chi connectivity index (χ0) is 24.7. The Labute approximate surface area is 193 Å². The van der Waals surface area contributed by atoms with Gasteiger partial charge >= 0.3 is 12.3 Å². The van der Waals surface area contributed by atoms with Gasteiger partial charge in [-0.2, -0.15) is 18.3 Å². The third-order valence-electron chi connectivity index (χ3n) is 5.08. The number of hydrogen-bond donors (Lipinski definition) is 2. The Kier molecular flexibility index (Phi) is 5.84. The Bertz CT molecular complexity index is 1260. The van der Waals surface area contributed by atoms with Crippen LogP contribution in [0.1, 0.15) is 42.4 Å². The number of fused-ring (bicyclic) bond motifs is 1. The first-order valence-electron chi connectivity index (χ1n) is 10.6. The number of carbonyl (C=O) groups is 2. The van der Waals surface area contributed by atoms with Crippen LogP contribution in [-0.4, -0.2) is 33.9 Å². The summed E-state index contributed by atoms with van der Waals surface area (Å²) in [6, 6.07) is 10.9. The molecule has 1 aliphatic rings. The van der Waals surface area contributed by atoms with E-state index in [2.05, 4.69) is 15.7 Å². The summed E-state index contributed by atoms with van der Waals surface area (Å²) in [5.74, 6) is -0.242. The minimum atomic E-state index is -4.69. The van der Waals surface area contributed by atoms with Crippen LogP contribution in [0.3, 0.4) is 0 Å². The summed E-state index contributed by atoms with van der Waals surface area (Å²) < 4.78 is 47.9. The van der Waals surface area contributed by atoms with E-state index in [9.17, 15) is 22.8 Å². The molecule has 10 heteroatoms. The minimum Gasteiger partial charge on any atom is -0.444 e. The fourth-order valence-corrected chi connectivity index (χ4v) is 3.67. The smallest absolute Gasteiger partial charge is 0.435 e. The second kappa shape index (κ2) is 8.51. The second-order valence-electron chi connectivity index (χ2n) is 8.89. The number of anilines is 1. The van der Waals surface area contributed by atoms with Crippen molar-refractivity contribution in [2.24, 2.45) is 0 Å². The molecule has 178 valence electrons. The molecule has 4 rings (SSSR count).